The molecule has 0 aliphatic heterocycles. The Labute approximate surface area is 125 Å². The van der Waals surface area contributed by atoms with Crippen LogP contribution in [0.5, 0.6) is 0 Å². The van der Waals surface area contributed by atoms with Gasteiger partial charge < -0.3 is 25.6 Å². The van der Waals surface area contributed by atoms with Crippen LogP contribution in [0.1, 0.15) is 25.7 Å². The van der Waals surface area contributed by atoms with E-state index in [0.29, 0.717) is 0 Å². The highest BCUT2D eigenvalue weighted by Gasteiger charge is 2.21. The van der Waals surface area contributed by atoms with Crippen LogP contribution in [0.15, 0.2) is 0 Å². The summed E-state index contributed by atoms with van der Waals surface area (Å²) in [6, 6.07) is -1.31. The van der Waals surface area contributed by atoms with E-state index in [1.54, 1.807) is 0 Å². The Kier molecular flexibility index (Phi) is 8.91. The highest BCUT2D eigenvalue weighted by atomic mass is 16.5. The summed E-state index contributed by atoms with van der Waals surface area (Å²) >= 11 is 0. The third kappa shape index (κ3) is 9.28. The van der Waals surface area contributed by atoms with Crippen LogP contribution < -0.4 is 10.6 Å². The van der Waals surface area contributed by atoms with Gasteiger partial charge in [-0.25, -0.2) is 4.79 Å². The van der Waals surface area contributed by atoms with E-state index < -0.39 is 42.2 Å². The van der Waals surface area contributed by atoms with E-state index in [1.165, 1.54) is 0 Å². The second-order valence-electron chi connectivity index (χ2n) is 4.24. The van der Waals surface area contributed by atoms with Crippen molar-refractivity contribution in [2.75, 3.05) is 13.7 Å². The molecule has 10 heteroatoms. The van der Waals surface area contributed by atoms with Gasteiger partial charge in [-0.2, -0.15) is 0 Å². The lowest BCUT2D eigenvalue weighted by Crippen LogP contribution is -2.42. The molecular weight excluding hydrogens is 300 g/mol. The fourth-order valence-electron chi connectivity index (χ4n) is 1.35. The summed E-state index contributed by atoms with van der Waals surface area (Å²) in [5, 5.41) is 21.7. The molecule has 0 fully saturated rings. The molecule has 0 spiro atoms. The molecule has 10 nitrogen and oxygen atoms in total. The van der Waals surface area contributed by atoms with Gasteiger partial charge in [0.1, 0.15) is 12.6 Å². The fraction of sp³-hybridized carbons (Fsp3) is 0.583. The van der Waals surface area contributed by atoms with Crippen molar-refractivity contribution in [2.24, 2.45) is 0 Å². The summed E-state index contributed by atoms with van der Waals surface area (Å²) in [6.07, 6.45) is -1.19. The Balaban J connectivity index is 4.22. The number of carboxylic acids is 2. The number of nitrogens with one attached hydrogen (secondary N) is 2. The number of ether oxygens (including phenoxy) is 1. The molecule has 4 N–H and O–H groups in total. The van der Waals surface area contributed by atoms with Crippen LogP contribution in [0.4, 0.5) is 0 Å². The number of amides is 2. The molecule has 0 rings (SSSR count). The van der Waals surface area contributed by atoms with Gasteiger partial charge in [0.05, 0.1) is 13.5 Å². The summed E-state index contributed by atoms with van der Waals surface area (Å²) in [7, 11) is 1.15. The lowest BCUT2D eigenvalue weighted by Gasteiger charge is -2.14. The maximum atomic E-state index is 11.4. The smallest absolute Gasteiger partial charge is 0.326 e. The summed E-state index contributed by atoms with van der Waals surface area (Å²) in [4.78, 5) is 54.8. The van der Waals surface area contributed by atoms with Gasteiger partial charge in [0.2, 0.25) is 11.8 Å². The van der Waals surface area contributed by atoms with Gasteiger partial charge >= 0.3 is 17.9 Å². The second-order valence-corrected chi connectivity index (χ2v) is 4.24. The van der Waals surface area contributed by atoms with E-state index in [4.69, 9.17) is 10.2 Å². The summed E-state index contributed by atoms with van der Waals surface area (Å²) in [6.45, 7) is -0.335. The number of hydrogen-bond donors (Lipinski definition) is 4. The van der Waals surface area contributed by atoms with E-state index >= 15 is 0 Å². The van der Waals surface area contributed by atoms with Crippen LogP contribution >= 0.6 is 0 Å². The van der Waals surface area contributed by atoms with Crippen LogP contribution in [-0.2, 0) is 28.7 Å². The van der Waals surface area contributed by atoms with Crippen LogP contribution in [0.3, 0.4) is 0 Å². The first-order chi connectivity index (χ1) is 10.3. The normalized spacial score (nSPS) is 11.1. The number of carbonyl (C=O) groups excluding carboxylic acids is 3. The van der Waals surface area contributed by atoms with Crippen molar-refractivity contribution in [3.05, 3.63) is 0 Å². The van der Waals surface area contributed by atoms with Gasteiger partial charge in [0, 0.05) is 12.8 Å². The average molecular weight is 318 g/mol. The lowest BCUT2D eigenvalue weighted by molar-refractivity contribution is -0.143. The van der Waals surface area contributed by atoms with Gasteiger partial charge in [-0.15, -0.1) is 0 Å². The zero-order valence-corrected chi connectivity index (χ0v) is 12.0. The molecule has 0 saturated heterocycles. The molecule has 0 bridgehead atoms. The van der Waals surface area contributed by atoms with Crippen molar-refractivity contribution in [1.29, 1.82) is 0 Å². The number of hydrogen-bond acceptors (Lipinski definition) is 6. The van der Waals surface area contributed by atoms with Gasteiger partial charge in [0.15, 0.2) is 0 Å². The van der Waals surface area contributed by atoms with Crippen LogP contribution in [-0.4, -0.2) is 59.6 Å². The van der Waals surface area contributed by atoms with Crippen molar-refractivity contribution >= 4 is 29.7 Å². The van der Waals surface area contributed by atoms with E-state index in [-0.39, 0.29) is 25.8 Å². The van der Waals surface area contributed by atoms with Gasteiger partial charge in [-0.3, -0.25) is 19.2 Å². The number of rotatable bonds is 10. The molecule has 0 aromatic rings. The molecule has 0 radical (unpaired) electrons. The molecule has 0 aromatic heterocycles. The van der Waals surface area contributed by atoms with E-state index in [9.17, 15) is 24.0 Å². The van der Waals surface area contributed by atoms with Crippen molar-refractivity contribution in [3.63, 3.8) is 0 Å². The zero-order valence-electron chi connectivity index (χ0n) is 12.0. The molecule has 0 aliphatic carbocycles. The minimum absolute atomic E-state index is 0.193. The number of carbonyl (C=O) groups is 5. The molecule has 22 heavy (non-hydrogen) atoms. The summed E-state index contributed by atoms with van der Waals surface area (Å²) in [5.74, 6) is -4.47. The Morgan fingerprint density at radius 2 is 1.64 bits per heavy atom. The zero-order chi connectivity index (χ0) is 17.1. The minimum atomic E-state index is -1.34. The molecule has 0 saturated carbocycles. The number of aliphatic carboxylic acids is 2. The molecule has 0 unspecified atom stereocenters. The summed E-state index contributed by atoms with van der Waals surface area (Å²) in [5.41, 5.74) is 0. The van der Waals surface area contributed by atoms with Crippen molar-refractivity contribution in [1.82, 2.24) is 10.6 Å². The Morgan fingerprint density at radius 3 is 2.14 bits per heavy atom. The van der Waals surface area contributed by atoms with Crippen LogP contribution in [0.25, 0.3) is 0 Å². The lowest BCUT2D eigenvalue weighted by atomic mass is 10.1. The topological polar surface area (TPSA) is 159 Å². The second kappa shape index (κ2) is 10.1. The molecule has 2 amide bonds. The summed E-state index contributed by atoms with van der Waals surface area (Å²) < 4.78 is 4.31. The molecule has 124 valence electrons. The van der Waals surface area contributed by atoms with Crippen molar-refractivity contribution in [2.45, 2.75) is 31.7 Å². The molecular formula is C12H18N2O8. The first-order valence-electron chi connectivity index (χ1n) is 6.33. The van der Waals surface area contributed by atoms with Crippen LogP contribution in [0.2, 0.25) is 0 Å². The first kappa shape index (κ1) is 19.4. The number of methoxy groups -OCH3 is 1. The van der Waals surface area contributed by atoms with E-state index in [2.05, 4.69) is 15.4 Å². The molecule has 0 aromatic carbocycles. The maximum Gasteiger partial charge on any atom is 0.326 e. The van der Waals surface area contributed by atoms with Crippen molar-refractivity contribution < 1.29 is 38.9 Å². The Hall–Kier alpha value is -2.65. The SMILES string of the molecule is COC(=O)CNC(=O)CC[C@H](NC(=O)CCC(=O)O)C(=O)O. The third-order valence-corrected chi connectivity index (χ3v) is 2.52. The quantitative estimate of drug-likeness (QED) is 0.354. The highest BCUT2D eigenvalue weighted by molar-refractivity contribution is 5.86. The average Bonchev–Trinajstić information content (AvgIpc) is 2.46. The van der Waals surface area contributed by atoms with Crippen molar-refractivity contribution in [3.8, 4) is 0 Å². The maximum absolute atomic E-state index is 11.4. The standard InChI is InChI=1S/C12H18N2O8/c1-22-11(19)6-13-8(15)3-2-7(12(20)21)14-9(16)4-5-10(17)18/h7H,2-6H2,1H3,(H,13,15)(H,14,16)(H,17,18)(H,20,21)/t7-/m0/s1. The predicted molar refractivity (Wildman–Crippen MR) is 70.7 cm³/mol. The van der Waals surface area contributed by atoms with Gasteiger partial charge in [0.25, 0.3) is 0 Å². The van der Waals surface area contributed by atoms with E-state index in [0.717, 1.165) is 7.11 Å². The largest absolute Gasteiger partial charge is 0.481 e. The highest BCUT2D eigenvalue weighted by Crippen LogP contribution is 2.00. The van der Waals surface area contributed by atoms with Gasteiger partial charge in [-0.05, 0) is 6.42 Å². The molecule has 1 atom stereocenters. The monoisotopic (exact) mass is 318 g/mol. The fourth-order valence-corrected chi connectivity index (χ4v) is 1.35. The Bertz CT molecular complexity index is 448. The van der Waals surface area contributed by atoms with Gasteiger partial charge in [-0.1, -0.05) is 0 Å². The van der Waals surface area contributed by atoms with E-state index in [1.807, 2.05) is 0 Å². The predicted octanol–water partition coefficient (Wildman–Crippen LogP) is -1.51. The number of carboxylic acid groups (broad SMARTS) is 2. The molecule has 0 heterocycles. The molecule has 0 aliphatic rings. The minimum Gasteiger partial charge on any atom is -0.481 e. The van der Waals surface area contributed by atoms with Crippen LogP contribution in [0, 0.1) is 0 Å². The Morgan fingerprint density at radius 1 is 1.00 bits per heavy atom. The first-order valence-corrected chi connectivity index (χ1v) is 6.33. The third-order valence-electron chi connectivity index (χ3n) is 2.52. The number of esters is 1.